The molecule has 0 unspecified atom stereocenters. The van der Waals surface area contributed by atoms with Crippen molar-refractivity contribution in [3.63, 3.8) is 0 Å². The molecule has 2 aromatic carbocycles. The van der Waals surface area contributed by atoms with Crippen molar-refractivity contribution < 1.29 is 14.3 Å². The summed E-state index contributed by atoms with van der Waals surface area (Å²) in [4.78, 5) is 5.51. The lowest BCUT2D eigenvalue weighted by atomic mass is 10.0. The topological polar surface area (TPSA) is 79.1 Å². The summed E-state index contributed by atoms with van der Waals surface area (Å²) in [6.45, 7) is 2.20. The summed E-state index contributed by atoms with van der Waals surface area (Å²) in [5.41, 5.74) is 2.35. The fourth-order valence-electron chi connectivity index (χ4n) is 2.95. The van der Waals surface area contributed by atoms with Crippen LogP contribution in [0.5, 0.6) is 5.75 Å². The molecule has 0 aliphatic rings. The van der Waals surface area contributed by atoms with E-state index in [0.717, 1.165) is 52.7 Å². The molecule has 0 aliphatic heterocycles. The second-order valence-electron chi connectivity index (χ2n) is 6.64. The minimum absolute atomic E-state index is 0.0718. The zero-order valence-corrected chi connectivity index (χ0v) is 18.2. The lowest BCUT2D eigenvalue weighted by Crippen LogP contribution is -1.96. The quantitative estimate of drug-likeness (QED) is 0.109. The fourth-order valence-corrected chi connectivity index (χ4v) is 4.07. The predicted molar refractivity (Wildman–Crippen MR) is 116 cm³/mol. The van der Waals surface area contributed by atoms with E-state index in [4.69, 9.17) is 4.33 Å². The van der Waals surface area contributed by atoms with Crippen LogP contribution in [0.15, 0.2) is 51.5 Å². The van der Waals surface area contributed by atoms with Gasteiger partial charge < -0.3 is 5.11 Å². The van der Waals surface area contributed by atoms with Gasteiger partial charge in [-0.05, 0) is 54.7 Å². The van der Waals surface area contributed by atoms with Gasteiger partial charge in [0.15, 0.2) is 5.00 Å². The molecule has 1 heterocycles. The third-order valence-corrected chi connectivity index (χ3v) is 5.89. The van der Waals surface area contributed by atoms with Crippen LogP contribution in [0.1, 0.15) is 44.6 Å². The van der Waals surface area contributed by atoms with Gasteiger partial charge in [0, 0.05) is 10.3 Å². The number of benzene rings is 2. The molecular weight excluding hydrogens is 406 g/mol. The third kappa shape index (κ3) is 6.24. The van der Waals surface area contributed by atoms with Crippen molar-refractivity contribution in [3.8, 4) is 5.75 Å². The Labute approximate surface area is 179 Å². The zero-order chi connectivity index (χ0) is 20.5. The van der Waals surface area contributed by atoms with E-state index in [2.05, 4.69) is 26.4 Å². The van der Waals surface area contributed by atoms with Crippen molar-refractivity contribution in [1.82, 2.24) is 4.37 Å². The van der Waals surface area contributed by atoms with Crippen LogP contribution in [0.2, 0.25) is 0 Å². The molecule has 0 bridgehead atoms. The number of rotatable bonds is 11. The van der Waals surface area contributed by atoms with Crippen LogP contribution in [0.4, 0.5) is 10.7 Å². The number of azo groups is 1. The van der Waals surface area contributed by atoms with Gasteiger partial charge in [0.2, 0.25) is 0 Å². The maximum Gasteiger partial charge on any atom is 0.166 e. The average Bonchev–Trinajstić information content (AvgIpc) is 3.14. The summed E-state index contributed by atoms with van der Waals surface area (Å²) >= 11 is 2.42. The van der Waals surface area contributed by atoms with Gasteiger partial charge in [-0.25, -0.2) is 4.89 Å². The minimum atomic E-state index is 0.0718. The van der Waals surface area contributed by atoms with Crippen LogP contribution in [-0.4, -0.2) is 11.5 Å². The van der Waals surface area contributed by atoms with Gasteiger partial charge in [0.25, 0.3) is 0 Å². The first kappa shape index (κ1) is 21.7. The van der Waals surface area contributed by atoms with E-state index in [1.165, 1.54) is 37.9 Å². The van der Waals surface area contributed by atoms with Crippen LogP contribution in [0, 0.1) is 0 Å². The van der Waals surface area contributed by atoms with E-state index in [-0.39, 0.29) is 5.75 Å². The Hall–Kier alpha value is -2.00. The summed E-state index contributed by atoms with van der Waals surface area (Å²) in [5, 5.41) is 22.5. The van der Waals surface area contributed by atoms with E-state index < -0.39 is 0 Å². The van der Waals surface area contributed by atoms with Crippen LogP contribution < -0.4 is 5.11 Å². The number of aryl methyl sites for hydroxylation is 1. The molecule has 3 aromatic rings. The molecule has 0 N–H and O–H groups in total. The normalized spacial score (nSPS) is 11.7. The summed E-state index contributed by atoms with van der Waals surface area (Å²) < 4.78 is 9.31. The first-order chi connectivity index (χ1) is 14.2. The van der Waals surface area contributed by atoms with Gasteiger partial charge in [-0.2, -0.15) is 8.71 Å². The molecule has 0 aliphatic carbocycles. The monoisotopic (exact) mass is 430 g/mol. The van der Waals surface area contributed by atoms with Gasteiger partial charge in [0.1, 0.15) is 0 Å². The number of hydrogen-bond donors (Lipinski definition) is 0. The van der Waals surface area contributed by atoms with Crippen LogP contribution >= 0.6 is 23.6 Å². The van der Waals surface area contributed by atoms with Crippen molar-refractivity contribution >= 4 is 45.2 Å². The van der Waals surface area contributed by atoms with E-state index >= 15 is 0 Å². The van der Waals surface area contributed by atoms with Crippen molar-refractivity contribution in [2.45, 2.75) is 50.3 Å². The molecule has 8 heteroatoms. The fraction of sp³-hybridized carbons (Fsp3) is 0.381. The van der Waals surface area contributed by atoms with Gasteiger partial charge in [-0.3, -0.25) is 0 Å². The van der Waals surface area contributed by atoms with Gasteiger partial charge in [-0.1, -0.05) is 44.2 Å². The van der Waals surface area contributed by atoms with Crippen LogP contribution in [0.3, 0.4) is 0 Å². The van der Waals surface area contributed by atoms with Gasteiger partial charge >= 0.3 is 0 Å². The Morgan fingerprint density at radius 3 is 2.76 bits per heavy atom. The third-order valence-electron chi connectivity index (χ3n) is 4.48. The Morgan fingerprint density at radius 2 is 1.93 bits per heavy atom. The number of hydrogen-bond acceptors (Lipinski definition) is 8. The maximum atomic E-state index is 12.1. The summed E-state index contributed by atoms with van der Waals surface area (Å²) in [5.74, 6) is 0.0718. The molecule has 0 spiro atoms. The molecule has 3 rings (SSSR count). The highest BCUT2D eigenvalue weighted by atomic mass is 32.2. The second kappa shape index (κ2) is 11.3. The van der Waals surface area contributed by atoms with Crippen molar-refractivity contribution in [1.29, 1.82) is 0 Å². The van der Waals surface area contributed by atoms with Crippen LogP contribution in [0.25, 0.3) is 10.9 Å². The summed E-state index contributed by atoms with van der Waals surface area (Å²) in [7, 11) is 1.46. The molecule has 0 saturated carbocycles. The molecule has 154 valence electrons. The van der Waals surface area contributed by atoms with Gasteiger partial charge in [-0.15, -0.1) is 16.0 Å². The number of nitrogens with zero attached hydrogens (tertiary/aromatic N) is 3. The highest BCUT2D eigenvalue weighted by Gasteiger charge is 2.08. The minimum Gasteiger partial charge on any atom is -0.872 e. The smallest absolute Gasteiger partial charge is 0.166 e. The van der Waals surface area contributed by atoms with Crippen molar-refractivity contribution in [3.05, 3.63) is 42.0 Å². The number of aromatic nitrogens is 1. The van der Waals surface area contributed by atoms with Crippen molar-refractivity contribution in [2.24, 2.45) is 10.2 Å². The average molecular weight is 431 g/mol. The SMILES string of the molecule is CCCCCCCc1cc(N=Nc2snc3ccc(SOOC)cc23)ccc1[O-]. The first-order valence-electron chi connectivity index (χ1n) is 9.69. The molecule has 6 nitrogen and oxygen atoms in total. The number of fused-ring (bicyclic) bond motifs is 1. The highest BCUT2D eigenvalue weighted by molar-refractivity contribution is 7.94. The van der Waals surface area contributed by atoms with E-state index in [0.29, 0.717) is 10.7 Å². The van der Waals surface area contributed by atoms with E-state index in [1.807, 2.05) is 24.3 Å². The molecule has 0 atom stereocenters. The van der Waals surface area contributed by atoms with E-state index in [1.54, 1.807) is 12.1 Å². The summed E-state index contributed by atoms with van der Waals surface area (Å²) in [6, 6.07) is 10.9. The molecular formula is C21H24N3O3S2-. The zero-order valence-electron chi connectivity index (χ0n) is 16.6. The molecule has 0 fully saturated rings. The Balaban J connectivity index is 1.71. The number of unbranched alkanes of at least 4 members (excludes halogenated alkanes) is 4. The van der Waals surface area contributed by atoms with Crippen molar-refractivity contribution in [2.75, 3.05) is 7.11 Å². The van der Waals surface area contributed by atoms with E-state index in [9.17, 15) is 5.11 Å². The maximum absolute atomic E-state index is 12.1. The predicted octanol–water partition coefficient (Wildman–Crippen LogP) is 6.88. The lowest BCUT2D eigenvalue weighted by molar-refractivity contribution is -0.269. The van der Waals surface area contributed by atoms with Gasteiger partial charge in [0.05, 0.1) is 30.4 Å². The van der Waals surface area contributed by atoms with Crippen LogP contribution in [-0.2, 0) is 15.6 Å². The standard InChI is InChI=1S/C21H25N3O3S2/c1-3-4-5-6-7-8-15-13-16(9-12-20(15)25)22-23-21-18-14-17(29-27-26-2)10-11-19(18)24-28-21/h9-14,25H,3-8H2,1-2H3/p-1. The summed E-state index contributed by atoms with van der Waals surface area (Å²) in [6.07, 6.45) is 6.65. The lowest BCUT2D eigenvalue weighted by Gasteiger charge is -2.13. The Kier molecular flexibility index (Phi) is 8.42. The molecule has 1 aromatic heterocycles. The molecule has 0 saturated heterocycles. The largest absolute Gasteiger partial charge is 0.872 e. The molecule has 0 amide bonds. The molecule has 0 radical (unpaired) electrons. The first-order valence-corrected chi connectivity index (χ1v) is 11.2. The molecule has 29 heavy (non-hydrogen) atoms. The Morgan fingerprint density at radius 1 is 1.07 bits per heavy atom. The highest BCUT2D eigenvalue weighted by Crippen LogP contribution is 2.35. The Bertz CT molecular complexity index is 959. The second-order valence-corrected chi connectivity index (χ2v) is 8.17.